The van der Waals surface area contributed by atoms with E-state index >= 15 is 0 Å². The van der Waals surface area contributed by atoms with E-state index in [4.69, 9.17) is 4.42 Å². The van der Waals surface area contributed by atoms with Crippen molar-refractivity contribution in [1.29, 1.82) is 0 Å². The van der Waals surface area contributed by atoms with Gasteiger partial charge in [-0.2, -0.15) is 0 Å². The Kier molecular flexibility index (Phi) is 3.66. The van der Waals surface area contributed by atoms with Crippen LogP contribution in [0.5, 0.6) is 0 Å². The van der Waals surface area contributed by atoms with E-state index in [1.54, 1.807) is 0 Å². The predicted molar refractivity (Wildman–Crippen MR) is 67.0 cm³/mol. The lowest BCUT2D eigenvalue weighted by Crippen LogP contribution is -2.33. The number of rotatable bonds is 4. The number of nitrogens with one attached hydrogen (secondary N) is 1. The molecule has 17 heavy (non-hydrogen) atoms. The summed E-state index contributed by atoms with van der Waals surface area (Å²) in [5.74, 6) is 1.28. The predicted octanol–water partition coefficient (Wildman–Crippen LogP) is 1.97. The average molecular weight is 238 g/mol. The van der Waals surface area contributed by atoms with Gasteiger partial charge in [0.1, 0.15) is 0 Å². The Morgan fingerprint density at radius 2 is 2.12 bits per heavy atom. The molecule has 1 N–H and O–H groups in total. The van der Waals surface area contributed by atoms with E-state index < -0.39 is 0 Å². The molecule has 2 heterocycles. The fraction of sp³-hybridized carbons (Fsp3) is 0.833. The molecule has 0 aliphatic carbocycles. The van der Waals surface area contributed by atoms with Gasteiger partial charge in [0.25, 0.3) is 0 Å². The van der Waals surface area contributed by atoms with Gasteiger partial charge in [0.2, 0.25) is 5.89 Å². The summed E-state index contributed by atoms with van der Waals surface area (Å²) in [4.78, 5) is 2.25. The van der Waals surface area contributed by atoms with Crippen molar-refractivity contribution in [1.82, 2.24) is 15.5 Å². The second kappa shape index (κ2) is 5.04. The molecule has 0 radical (unpaired) electrons. The number of hydrogen-bond acceptors (Lipinski definition) is 5. The summed E-state index contributed by atoms with van der Waals surface area (Å²) in [6, 6.07) is 1.32. The lowest BCUT2D eigenvalue weighted by molar-refractivity contribution is 0.410. The zero-order valence-corrected chi connectivity index (χ0v) is 11.1. The van der Waals surface area contributed by atoms with Crippen molar-refractivity contribution in [3.8, 4) is 0 Å². The SMILES string of the molecule is CNC(C)c1nnc(N2CCCC2C(C)C)o1. The fourth-order valence-electron chi connectivity index (χ4n) is 2.36. The molecule has 2 atom stereocenters. The number of hydrogen-bond donors (Lipinski definition) is 1. The summed E-state index contributed by atoms with van der Waals surface area (Å²) in [5.41, 5.74) is 0. The van der Waals surface area contributed by atoms with Crippen LogP contribution in [-0.4, -0.2) is 29.8 Å². The number of anilines is 1. The lowest BCUT2D eigenvalue weighted by Gasteiger charge is -2.25. The zero-order valence-electron chi connectivity index (χ0n) is 11.1. The van der Waals surface area contributed by atoms with Crippen LogP contribution in [0.2, 0.25) is 0 Å². The van der Waals surface area contributed by atoms with Crippen LogP contribution in [0, 0.1) is 5.92 Å². The van der Waals surface area contributed by atoms with Crippen molar-refractivity contribution >= 4 is 6.01 Å². The summed E-state index contributed by atoms with van der Waals surface area (Å²) in [6.45, 7) is 7.53. The van der Waals surface area contributed by atoms with Crippen LogP contribution in [0.3, 0.4) is 0 Å². The molecule has 1 aromatic rings. The maximum atomic E-state index is 5.74. The third kappa shape index (κ3) is 2.44. The topological polar surface area (TPSA) is 54.2 Å². The van der Waals surface area contributed by atoms with Gasteiger partial charge in [-0.05, 0) is 32.7 Å². The van der Waals surface area contributed by atoms with Crippen LogP contribution in [0.1, 0.15) is 45.5 Å². The highest BCUT2D eigenvalue weighted by Crippen LogP contribution is 2.29. The largest absolute Gasteiger partial charge is 0.406 e. The smallest absolute Gasteiger partial charge is 0.318 e. The monoisotopic (exact) mass is 238 g/mol. The van der Waals surface area contributed by atoms with E-state index in [9.17, 15) is 0 Å². The quantitative estimate of drug-likeness (QED) is 0.869. The average Bonchev–Trinajstić information content (AvgIpc) is 2.95. The lowest BCUT2D eigenvalue weighted by atomic mass is 10.0. The maximum Gasteiger partial charge on any atom is 0.318 e. The van der Waals surface area contributed by atoms with Crippen LogP contribution >= 0.6 is 0 Å². The van der Waals surface area contributed by atoms with Crippen LogP contribution in [0.25, 0.3) is 0 Å². The molecule has 96 valence electrons. The highest BCUT2D eigenvalue weighted by Gasteiger charge is 2.31. The van der Waals surface area contributed by atoms with Gasteiger partial charge >= 0.3 is 6.01 Å². The minimum absolute atomic E-state index is 0.108. The minimum atomic E-state index is 0.108. The molecular weight excluding hydrogens is 216 g/mol. The summed E-state index contributed by atoms with van der Waals surface area (Å²) >= 11 is 0. The minimum Gasteiger partial charge on any atom is -0.406 e. The van der Waals surface area contributed by atoms with Crippen molar-refractivity contribution < 1.29 is 4.42 Å². The Morgan fingerprint density at radius 1 is 1.35 bits per heavy atom. The van der Waals surface area contributed by atoms with E-state index in [-0.39, 0.29) is 6.04 Å². The molecule has 5 heteroatoms. The summed E-state index contributed by atoms with van der Waals surface area (Å²) in [7, 11) is 1.89. The summed E-state index contributed by atoms with van der Waals surface area (Å²) in [6.07, 6.45) is 2.43. The number of nitrogens with zero attached hydrogens (tertiary/aromatic N) is 3. The van der Waals surface area contributed by atoms with Gasteiger partial charge in [-0.1, -0.05) is 18.9 Å². The first kappa shape index (κ1) is 12.4. The highest BCUT2D eigenvalue weighted by molar-refractivity contribution is 5.29. The molecule has 0 amide bonds. The molecule has 2 rings (SSSR count). The first-order valence-corrected chi connectivity index (χ1v) is 6.40. The Morgan fingerprint density at radius 3 is 2.76 bits per heavy atom. The molecule has 0 spiro atoms. The van der Waals surface area contributed by atoms with Crippen molar-refractivity contribution in [3.05, 3.63) is 5.89 Å². The van der Waals surface area contributed by atoms with E-state index in [0.29, 0.717) is 23.9 Å². The first-order chi connectivity index (χ1) is 8.13. The van der Waals surface area contributed by atoms with E-state index in [1.165, 1.54) is 12.8 Å². The van der Waals surface area contributed by atoms with Crippen LogP contribution in [-0.2, 0) is 0 Å². The van der Waals surface area contributed by atoms with Gasteiger partial charge in [0.05, 0.1) is 6.04 Å². The van der Waals surface area contributed by atoms with E-state index in [2.05, 4.69) is 34.3 Å². The first-order valence-electron chi connectivity index (χ1n) is 6.40. The Labute approximate surface area is 103 Å². The van der Waals surface area contributed by atoms with Gasteiger partial charge in [0, 0.05) is 12.6 Å². The summed E-state index contributed by atoms with van der Waals surface area (Å²) < 4.78 is 5.74. The normalized spacial score (nSPS) is 22.4. The second-order valence-corrected chi connectivity index (χ2v) is 5.08. The van der Waals surface area contributed by atoms with Gasteiger partial charge in [-0.25, -0.2) is 0 Å². The van der Waals surface area contributed by atoms with E-state index in [1.807, 2.05) is 14.0 Å². The molecule has 2 unspecified atom stereocenters. The third-order valence-electron chi connectivity index (χ3n) is 3.55. The van der Waals surface area contributed by atoms with Gasteiger partial charge in [0.15, 0.2) is 0 Å². The van der Waals surface area contributed by atoms with Crippen molar-refractivity contribution in [2.75, 3.05) is 18.5 Å². The molecule has 1 aromatic heterocycles. The number of aromatic nitrogens is 2. The molecule has 5 nitrogen and oxygen atoms in total. The molecule has 0 saturated carbocycles. The Bertz CT molecular complexity index is 363. The molecule has 0 aromatic carbocycles. The molecular formula is C12H22N4O. The standard InChI is InChI=1S/C12H22N4O/c1-8(2)10-6-5-7-16(10)12-15-14-11(17-12)9(3)13-4/h8-10,13H,5-7H2,1-4H3. The van der Waals surface area contributed by atoms with Gasteiger partial charge < -0.3 is 14.6 Å². The maximum absolute atomic E-state index is 5.74. The van der Waals surface area contributed by atoms with E-state index in [0.717, 1.165) is 6.54 Å². The fourth-order valence-corrected chi connectivity index (χ4v) is 2.36. The highest BCUT2D eigenvalue weighted by atomic mass is 16.4. The summed E-state index contributed by atoms with van der Waals surface area (Å²) in [5, 5.41) is 11.4. The Balaban J connectivity index is 2.14. The molecule has 1 aliphatic heterocycles. The van der Waals surface area contributed by atoms with Crippen LogP contribution in [0.15, 0.2) is 4.42 Å². The molecule has 1 aliphatic rings. The second-order valence-electron chi connectivity index (χ2n) is 5.08. The third-order valence-corrected chi connectivity index (χ3v) is 3.55. The van der Waals surface area contributed by atoms with Gasteiger partial charge in [-0.15, -0.1) is 5.10 Å². The molecule has 1 fully saturated rings. The van der Waals surface area contributed by atoms with Crippen LogP contribution in [0.4, 0.5) is 6.01 Å². The van der Waals surface area contributed by atoms with Crippen molar-refractivity contribution in [3.63, 3.8) is 0 Å². The van der Waals surface area contributed by atoms with Crippen molar-refractivity contribution in [2.24, 2.45) is 5.92 Å². The van der Waals surface area contributed by atoms with Crippen molar-refractivity contribution in [2.45, 2.75) is 45.7 Å². The molecule has 1 saturated heterocycles. The zero-order chi connectivity index (χ0) is 12.4. The Hall–Kier alpha value is -1.10. The van der Waals surface area contributed by atoms with Crippen LogP contribution < -0.4 is 10.2 Å². The van der Waals surface area contributed by atoms with Gasteiger partial charge in [-0.3, -0.25) is 0 Å². The molecule has 0 bridgehead atoms.